The van der Waals surface area contributed by atoms with Gasteiger partial charge in [-0.15, -0.1) is 0 Å². The van der Waals surface area contributed by atoms with Gasteiger partial charge in [0.2, 0.25) is 0 Å². The Morgan fingerprint density at radius 3 is 2.42 bits per heavy atom. The van der Waals surface area contributed by atoms with Gasteiger partial charge < -0.3 is 10.0 Å². The van der Waals surface area contributed by atoms with Gasteiger partial charge in [-0.25, -0.2) is 18.0 Å². The second-order valence-electron chi connectivity index (χ2n) is 6.49. The molecule has 4 nitrogen and oxygen atoms in total. The first-order valence-electron chi connectivity index (χ1n) is 8.32. The lowest BCUT2D eigenvalue weighted by Gasteiger charge is -2.28. The van der Waals surface area contributed by atoms with Crippen LogP contribution in [0.5, 0.6) is 0 Å². The van der Waals surface area contributed by atoms with E-state index < -0.39 is 23.5 Å². The van der Waals surface area contributed by atoms with Gasteiger partial charge in [-0.1, -0.05) is 0 Å². The standard InChI is InChI=1S/C19H19F3N2O2/c1-23-6-2-3-16(23)11-24(19(25)26)18-5-4-13(20)10-17(18)12-7-14(21)9-15(22)8-12/h4-5,7-10,16H,2-3,6,11H2,1H3,(H,25,26). The Morgan fingerprint density at radius 1 is 1.15 bits per heavy atom. The molecular weight excluding hydrogens is 345 g/mol. The molecule has 0 saturated carbocycles. The van der Waals surface area contributed by atoms with Crippen LogP contribution < -0.4 is 4.90 Å². The number of hydrogen-bond donors (Lipinski definition) is 1. The summed E-state index contributed by atoms with van der Waals surface area (Å²) < 4.78 is 41.0. The number of nitrogens with zero attached hydrogens (tertiary/aromatic N) is 2. The van der Waals surface area contributed by atoms with Crippen LogP contribution in [0.2, 0.25) is 0 Å². The van der Waals surface area contributed by atoms with Crippen LogP contribution in [-0.4, -0.2) is 42.3 Å². The van der Waals surface area contributed by atoms with Crippen LogP contribution in [0.1, 0.15) is 12.8 Å². The second kappa shape index (κ2) is 7.37. The van der Waals surface area contributed by atoms with Gasteiger partial charge in [0.1, 0.15) is 17.5 Å². The Kier molecular flexibility index (Phi) is 5.18. The molecule has 1 heterocycles. The van der Waals surface area contributed by atoms with Gasteiger partial charge in [0, 0.05) is 24.2 Å². The first-order valence-corrected chi connectivity index (χ1v) is 8.32. The average Bonchev–Trinajstić information content (AvgIpc) is 2.96. The summed E-state index contributed by atoms with van der Waals surface area (Å²) in [4.78, 5) is 15.0. The summed E-state index contributed by atoms with van der Waals surface area (Å²) in [5.41, 5.74) is 0.415. The molecule has 3 rings (SSSR count). The molecule has 1 N–H and O–H groups in total. The maximum Gasteiger partial charge on any atom is 0.411 e. The Balaban J connectivity index is 2.05. The summed E-state index contributed by atoms with van der Waals surface area (Å²) in [6, 6.07) is 6.43. The first-order chi connectivity index (χ1) is 12.3. The van der Waals surface area contributed by atoms with Crippen LogP contribution in [0.4, 0.5) is 23.7 Å². The minimum Gasteiger partial charge on any atom is -0.465 e. The van der Waals surface area contributed by atoms with Gasteiger partial charge in [-0.05, 0) is 62.3 Å². The van der Waals surface area contributed by atoms with E-state index in [0.717, 1.165) is 48.6 Å². The van der Waals surface area contributed by atoms with Crippen molar-refractivity contribution in [1.29, 1.82) is 0 Å². The van der Waals surface area contributed by atoms with Crippen LogP contribution >= 0.6 is 0 Å². The van der Waals surface area contributed by atoms with Gasteiger partial charge in [0.05, 0.1) is 5.69 Å². The van der Waals surface area contributed by atoms with Gasteiger partial charge >= 0.3 is 6.09 Å². The molecule has 0 bridgehead atoms. The van der Waals surface area contributed by atoms with E-state index in [-0.39, 0.29) is 29.4 Å². The van der Waals surface area contributed by atoms with E-state index in [9.17, 15) is 23.1 Å². The highest BCUT2D eigenvalue weighted by atomic mass is 19.1. The van der Waals surface area contributed by atoms with Crippen LogP contribution in [-0.2, 0) is 0 Å². The molecule has 1 atom stereocenters. The van der Waals surface area contributed by atoms with Crippen molar-refractivity contribution < 1.29 is 23.1 Å². The third-order valence-corrected chi connectivity index (χ3v) is 4.72. The fourth-order valence-corrected chi connectivity index (χ4v) is 3.38. The maximum atomic E-state index is 13.8. The highest BCUT2D eigenvalue weighted by Gasteiger charge is 2.28. The largest absolute Gasteiger partial charge is 0.465 e. The lowest BCUT2D eigenvalue weighted by atomic mass is 10.0. The smallest absolute Gasteiger partial charge is 0.411 e. The molecule has 1 aliphatic rings. The van der Waals surface area contributed by atoms with Gasteiger partial charge in [0.15, 0.2) is 0 Å². The monoisotopic (exact) mass is 364 g/mol. The van der Waals surface area contributed by atoms with E-state index in [0.29, 0.717) is 6.07 Å². The lowest BCUT2D eigenvalue weighted by Crippen LogP contribution is -2.41. The van der Waals surface area contributed by atoms with Crippen LogP contribution in [0.15, 0.2) is 36.4 Å². The molecule has 1 amide bonds. The van der Waals surface area contributed by atoms with Gasteiger partial charge in [-0.3, -0.25) is 4.90 Å². The molecule has 26 heavy (non-hydrogen) atoms. The van der Waals surface area contributed by atoms with Crippen molar-refractivity contribution >= 4 is 11.8 Å². The Hall–Kier alpha value is -2.54. The number of rotatable bonds is 4. The molecule has 1 aliphatic heterocycles. The average molecular weight is 364 g/mol. The van der Waals surface area contributed by atoms with Crippen molar-refractivity contribution in [2.45, 2.75) is 18.9 Å². The fraction of sp³-hybridized carbons (Fsp3) is 0.316. The Morgan fingerprint density at radius 2 is 1.85 bits per heavy atom. The molecule has 0 aliphatic carbocycles. The molecule has 1 fully saturated rings. The summed E-state index contributed by atoms with van der Waals surface area (Å²) in [7, 11) is 1.92. The Bertz CT molecular complexity index is 808. The van der Waals surface area contributed by atoms with Crippen LogP contribution in [0.3, 0.4) is 0 Å². The quantitative estimate of drug-likeness (QED) is 0.877. The Labute approximate surface area is 149 Å². The molecular formula is C19H19F3N2O2. The van der Waals surface area contributed by atoms with Gasteiger partial charge in [-0.2, -0.15) is 0 Å². The zero-order valence-electron chi connectivity index (χ0n) is 14.3. The normalized spacial score (nSPS) is 17.5. The van der Waals surface area contributed by atoms with E-state index in [2.05, 4.69) is 4.90 Å². The van der Waals surface area contributed by atoms with Crippen molar-refractivity contribution in [2.75, 3.05) is 25.0 Å². The molecule has 0 radical (unpaired) electrons. The highest BCUT2D eigenvalue weighted by Crippen LogP contribution is 2.33. The topological polar surface area (TPSA) is 43.8 Å². The summed E-state index contributed by atoms with van der Waals surface area (Å²) in [6.07, 6.45) is 0.626. The molecule has 0 aromatic heterocycles. The maximum absolute atomic E-state index is 13.8. The number of amides is 1. The SMILES string of the molecule is CN1CCCC1CN(C(=O)O)c1ccc(F)cc1-c1cc(F)cc(F)c1. The number of anilines is 1. The molecule has 1 unspecified atom stereocenters. The third kappa shape index (κ3) is 3.83. The number of carbonyl (C=O) groups is 1. The summed E-state index contributed by atoms with van der Waals surface area (Å²) >= 11 is 0. The van der Waals surface area contributed by atoms with Crippen LogP contribution in [0.25, 0.3) is 11.1 Å². The van der Waals surface area contributed by atoms with Gasteiger partial charge in [0.25, 0.3) is 0 Å². The number of halogens is 3. The number of hydrogen-bond acceptors (Lipinski definition) is 2. The van der Waals surface area contributed by atoms with E-state index in [4.69, 9.17) is 0 Å². The number of carboxylic acid groups (broad SMARTS) is 1. The summed E-state index contributed by atoms with van der Waals surface area (Å²) in [5.74, 6) is -2.24. The van der Waals surface area contributed by atoms with E-state index >= 15 is 0 Å². The van der Waals surface area contributed by atoms with E-state index in [1.54, 1.807) is 0 Å². The molecule has 7 heteroatoms. The lowest BCUT2D eigenvalue weighted by molar-refractivity contribution is 0.198. The first kappa shape index (κ1) is 18.3. The third-order valence-electron chi connectivity index (χ3n) is 4.72. The van der Waals surface area contributed by atoms with Crippen molar-refractivity contribution in [3.63, 3.8) is 0 Å². The molecule has 0 spiro atoms. The van der Waals surface area contributed by atoms with Crippen molar-refractivity contribution in [3.05, 3.63) is 53.8 Å². The zero-order valence-corrected chi connectivity index (χ0v) is 14.3. The predicted octanol–water partition coefficient (Wildman–Crippen LogP) is 4.35. The summed E-state index contributed by atoms with van der Waals surface area (Å²) in [5, 5.41) is 9.69. The fourth-order valence-electron chi connectivity index (χ4n) is 3.38. The van der Waals surface area contributed by atoms with Crippen molar-refractivity contribution in [2.24, 2.45) is 0 Å². The zero-order chi connectivity index (χ0) is 18.8. The number of benzene rings is 2. The summed E-state index contributed by atoms with van der Waals surface area (Å²) in [6.45, 7) is 1.08. The minimum atomic E-state index is -1.20. The molecule has 1 saturated heterocycles. The minimum absolute atomic E-state index is 0.0354. The van der Waals surface area contributed by atoms with E-state index in [1.165, 1.54) is 6.07 Å². The number of likely N-dealkylation sites (tertiary alicyclic amines) is 1. The predicted molar refractivity (Wildman–Crippen MR) is 92.8 cm³/mol. The van der Waals surface area contributed by atoms with Crippen molar-refractivity contribution in [1.82, 2.24) is 4.90 Å². The van der Waals surface area contributed by atoms with Crippen LogP contribution in [0, 0.1) is 17.5 Å². The van der Waals surface area contributed by atoms with Crippen molar-refractivity contribution in [3.8, 4) is 11.1 Å². The highest BCUT2D eigenvalue weighted by molar-refractivity contribution is 5.93. The molecule has 138 valence electrons. The molecule has 2 aromatic carbocycles. The number of likely N-dealkylation sites (N-methyl/N-ethyl adjacent to an activating group) is 1. The second-order valence-corrected chi connectivity index (χ2v) is 6.49. The van der Waals surface area contributed by atoms with E-state index in [1.807, 2.05) is 7.05 Å². The molecule has 2 aromatic rings.